The molecule has 0 unspecified atom stereocenters. The number of morpholine rings is 1. The lowest BCUT2D eigenvalue weighted by Crippen LogP contribution is -2.68. The number of carbonyl (C=O) groups is 2. The van der Waals surface area contributed by atoms with Crippen LogP contribution in [0.2, 0.25) is 0 Å². The van der Waals surface area contributed by atoms with E-state index in [9.17, 15) is 23.1 Å². The highest BCUT2D eigenvalue weighted by molar-refractivity contribution is 7.91. The second-order valence-corrected chi connectivity index (χ2v) is 9.29. The van der Waals surface area contributed by atoms with Crippen molar-refractivity contribution in [1.29, 1.82) is 0 Å². The van der Waals surface area contributed by atoms with Crippen molar-refractivity contribution in [3.05, 3.63) is 0 Å². The number of hydrogen-bond donors (Lipinski definition) is 1. The molecule has 3 aliphatic rings. The Bertz CT molecular complexity index is 625. The van der Waals surface area contributed by atoms with E-state index in [-0.39, 0.29) is 36.0 Å². The van der Waals surface area contributed by atoms with Crippen molar-refractivity contribution in [3.8, 4) is 0 Å². The Hall–Kier alpha value is -1.39. The molecule has 3 atom stereocenters. The highest BCUT2D eigenvalue weighted by Crippen LogP contribution is 2.25. The summed E-state index contributed by atoms with van der Waals surface area (Å²) in [6.45, 7) is 4.42. The number of rotatable bonds is 3. The lowest BCUT2D eigenvalue weighted by atomic mass is 10.0. The summed E-state index contributed by atoms with van der Waals surface area (Å²) < 4.78 is 28.6. The molecule has 9 nitrogen and oxygen atoms in total. The van der Waals surface area contributed by atoms with Crippen LogP contribution in [0.15, 0.2) is 0 Å². The average Bonchev–Trinajstić information content (AvgIpc) is 2.56. The first-order valence-corrected chi connectivity index (χ1v) is 10.4. The number of fused-ring (bicyclic) bond motifs is 1. The standard InChI is InChI=1S/C15H25N3O6S/c1-11-14(19)18-12(2-3-16-4-6-25(22,23)7-5-16)9-24-10-13(18)8-17(11)15(20)21/h11-13H,2-10H2,1H3,(H,20,21)/t11-,12-,13+/m0/s1. The van der Waals surface area contributed by atoms with Crippen molar-refractivity contribution < 1.29 is 27.9 Å². The molecule has 25 heavy (non-hydrogen) atoms. The zero-order valence-corrected chi connectivity index (χ0v) is 15.2. The van der Waals surface area contributed by atoms with Crippen LogP contribution < -0.4 is 0 Å². The maximum Gasteiger partial charge on any atom is 0.408 e. The third kappa shape index (κ3) is 3.90. The maximum atomic E-state index is 12.7. The lowest BCUT2D eigenvalue weighted by molar-refractivity contribution is -0.160. The van der Waals surface area contributed by atoms with E-state index in [0.29, 0.717) is 39.3 Å². The minimum absolute atomic E-state index is 0.0943. The van der Waals surface area contributed by atoms with Gasteiger partial charge in [-0.2, -0.15) is 0 Å². The van der Waals surface area contributed by atoms with Gasteiger partial charge in [-0.25, -0.2) is 13.2 Å². The Morgan fingerprint density at radius 2 is 1.96 bits per heavy atom. The van der Waals surface area contributed by atoms with Gasteiger partial charge in [0.25, 0.3) is 0 Å². The third-order valence-corrected chi connectivity index (χ3v) is 6.96. The molecule has 142 valence electrons. The third-order valence-electron chi connectivity index (χ3n) is 5.36. The molecule has 0 spiro atoms. The van der Waals surface area contributed by atoms with Crippen LogP contribution in [0.5, 0.6) is 0 Å². The van der Waals surface area contributed by atoms with Crippen LogP contribution in [0.25, 0.3) is 0 Å². The molecule has 0 aliphatic carbocycles. The lowest BCUT2D eigenvalue weighted by Gasteiger charge is -2.49. The van der Waals surface area contributed by atoms with Gasteiger partial charge in [0.1, 0.15) is 6.04 Å². The second kappa shape index (κ2) is 7.08. The minimum atomic E-state index is -2.90. The van der Waals surface area contributed by atoms with E-state index in [0.717, 1.165) is 0 Å². The molecule has 3 rings (SSSR count). The van der Waals surface area contributed by atoms with Gasteiger partial charge in [-0.1, -0.05) is 0 Å². The average molecular weight is 375 g/mol. The maximum absolute atomic E-state index is 12.7. The van der Waals surface area contributed by atoms with E-state index in [1.165, 1.54) is 4.90 Å². The molecule has 2 amide bonds. The van der Waals surface area contributed by atoms with E-state index >= 15 is 0 Å². The molecule has 1 N–H and O–H groups in total. The Balaban J connectivity index is 1.61. The number of carboxylic acid groups (broad SMARTS) is 1. The Morgan fingerprint density at radius 3 is 2.60 bits per heavy atom. The predicted octanol–water partition coefficient (Wildman–Crippen LogP) is -0.915. The van der Waals surface area contributed by atoms with E-state index in [2.05, 4.69) is 4.90 Å². The highest BCUT2D eigenvalue weighted by atomic mass is 32.2. The summed E-state index contributed by atoms with van der Waals surface area (Å²) in [5, 5.41) is 9.26. The Labute approximate surface area is 147 Å². The second-order valence-electron chi connectivity index (χ2n) is 6.98. The molecular weight excluding hydrogens is 350 g/mol. The molecule has 3 saturated heterocycles. The molecule has 3 aliphatic heterocycles. The van der Waals surface area contributed by atoms with Gasteiger partial charge in [0.15, 0.2) is 9.84 Å². The summed E-state index contributed by atoms with van der Waals surface area (Å²) in [5.41, 5.74) is 0. The number of carbonyl (C=O) groups excluding carboxylic acids is 1. The SMILES string of the molecule is C[C@H]1C(=O)N2[C@@H](CCN3CCS(=O)(=O)CC3)COC[C@H]2CN1C(=O)O. The van der Waals surface area contributed by atoms with Crippen LogP contribution in [0.4, 0.5) is 4.79 Å². The number of amides is 2. The van der Waals surface area contributed by atoms with E-state index < -0.39 is 22.0 Å². The van der Waals surface area contributed by atoms with Gasteiger partial charge in [0.05, 0.1) is 36.8 Å². The van der Waals surface area contributed by atoms with E-state index in [4.69, 9.17) is 4.74 Å². The van der Waals surface area contributed by atoms with Crippen molar-refractivity contribution in [2.45, 2.75) is 31.5 Å². The number of piperazine rings is 1. The number of nitrogens with zero attached hydrogens (tertiary/aromatic N) is 3. The van der Waals surface area contributed by atoms with Crippen LogP contribution in [0.1, 0.15) is 13.3 Å². The van der Waals surface area contributed by atoms with Gasteiger partial charge in [-0.05, 0) is 13.3 Å². The molecule has 0 radical (unpaired) electrons. The molecule has 3 fully saturated rings. The monoisotopic (exact) mass is 375 g/mol. The highest BCUT2D eigenvalue weighted by Gasteiger charge is 2.45. The van der Waals surface area contributed by atoms with E-state index in [1.807, 2.05) is 0 Å². The fourth-order valence-electron chi connectivity index (χ4n) is 3.81. The summed E-state index contributed by atoms with van der Waals surface area (Å²) in [4.78, 5) is 29.1. The summed E-state index contributed by atoms with van der Waals surface area (Å²) in [7, 11) is -2.90. The zero-order chi connectivity index (χ0) is 18.2. The number of ether oxygens (including phenoxy) is 1. The van der Waals surface area contributed by atoms with Crippen molar-refractivity contribution in [2.24, 2.45) is 0 Å². The molecule has 0 bridgehead atoms. The fraction of sp³-hybridized carbons (Fsp3) is 0.867. The molecule has 0 aromatic heterocycles. The van der Waals surface area contributed by atoms with Crippen molar-refractivity contribution in [2.75, 3.05) is 50.9 Å². The Kier molecular flexibility index (Phi) is 5.21. The van der Waals surface area contributed by atoms with Gasteiger partial charge >= 0.3 is 6.09 Å². The van der Waals surface area contributed by atoms with E-state index in [1.54, 1.807) is 11.8 Å². The smallest absolute Gasteiger partial charge is 0.408 e. The van der Waals surface area contributed by atoms with Crippen molar-refractivity contribution >= 4 is 21.8 Å². The van der Waals surface area contributed by atoms with Gasteiger partial charge in [0, 0.05) is 26.2 Å². The van der Waals surface area contributed by atoms with Gasteiger partial charge in [0.2, 0.25) is 5.91 Å². The van der Waals surface area contributed by atoms with Crippen LogP contribution in [-0.2, 0) is 19.4 Å². The topological polar surface area (TPSA) is 107 Å². The molecule has 10 heteroatoms. The van der Waals surface area contributed by atoms with Gasteiger partial charge in [-0.15, -0.1) is 0 Å². The van der Waals surface area contributed by atoms with Crippen molar-refractivity contribution in [3.63, 3.8) is 0 Å². The normalized spacial score (nSPS) is 33.2. The zero-order valence-electron chi connectivity index (χ0n) is 14.3. The number of hydrogen-bond acceptors (Lipinski definition) is 6. The summed E-state index contributed by atoms with van der Waals surface area (Å²) >= 11 is 0. The molecule has 0 saturated carbocycles. The molecule has 0 aromatic carbocycles. The summed E-state index contributed by atoms with van der Waals surface area (Å²) in [6, 6.07) is -1.03. The Morgan fingerprint density at radius 1 is 1.28 bits per heavy atom. The van der Waals surface area contributed by atoms with Crippen LogP contribution >= 0.6 is 0 Å². The molecular formula is C15H25N3O6S. The quantitative estimate of drug-likeness (QED) is 0.680. The summed E-state index contributed by atoms with van der Waals surface area (Å²) in [6.07, 6.45) is -0.389. The first kappa shape index (κ1) is 18.4. The predicted molar refractivity (Wildman–Crippen MR) is 89.1 cm³/mol. The fourth-order valence-corrected chi connectivity index (χ4v) is 5.08. The first-order chi connectivity index (χ1) is 11.8. The molecule has 3 heterocycles. The molecule has 0 aromatic rings. The van der Waals surface area contributed by atoms with Gasteiger partial charge in [-0.3, -0.25) is 9.69 Å². The summed E-state index contributed by atoms with van der Waals surface area (Å²) in [5.74, 6) is 0.196. The van der Waals surface area contributed by atoms with Gasteiger partial charge < -0.3 is 19.6 Å². The first-order valence-electron chi connectivity index (χ1n) is 8.61. The van der Waals surface area contributed by atoms with Crippen molar-refractivity contribution in [1.82, 2.24) is 14.7 Å². The minimum Gasteiger partial charge on any atom is -0.465 e. The van der Waals surface area contributed by atoms with Crippen LogP contribution in [0, 0.1) is 0 Å². The number of sulfone groups is 1. The van der Waals surface area contributed by atoms with Crippen LogP contribution in [0.3, 0.4) is 0 Å². The van der Waals surface area contributed by atoms with Crippen LogP contribution in [-0.4, -0.2) is 109 Å². The largest absolute Gasteiger partial charge is 0.465 e.